The Morgan fingerprint density at radius 3 is 2.47 bits per heavy atom. The lowest BCUT2D eigenvalue weighted by Gasteiger charge is -2.42. The third kappa shape index (κ3) is 5.40. The van der Waals surface area contributed by atoms with E-state index in [0.29, 0.717) is 31.6 Å². The summed E-state index contributed by atoms with van der Waals surface area (Å²) in [6.45, 7) is 5.10. The predicted molar refractivity (Wildman–Crippen MR) is 120 cm³/mol. The van der Waals surface area contributed by atoms with Crippen molar-refractivity contribution in [2.24, 2.45) is 17.3 Å². The van der Waals surface area contributed by atoms with Crippen LogP contribution in [0.1, 0.15) is 72.1 Å². The molecule has 6 atom stereocenters. The van der Waals surface area contributed by atoms with Gasteiger partial charge in [0.25, 0.3) is 0 Å². The van der Waals surface area contributed by atoms with Gasteiger partial charge in [-0.1, -0.05) is 54.9 Å². The number of alkyl halides is 3. The maximum atomic E-state index is 12.9. The van der Waals surface area contributed by atoms with Crippen LogP contribution in [0.25, 0.3) is 0 Å². The van der Waals surface area contributed by atoms with Crippen LogP contribution in [0, 0.1) is 17.3 Å². The van der Waals surface area contributed by atoms with E-state index in [-0.39, 0.29) is 11.3 Å². The van der Waals surface area contributed by atoms with Crippen LogP contribution in [0.5, 0.6) is 0 Å². The van der Waals surface area contributed by atoms with Crippen LogP contribution < -0.4 is 0 Å². The molecule has 1 unspecified atom stereocenters. The molecule has 3 nitrogen and oxygen atoms in total. The molecule has 3 aliphatic rings. The minimum atomic E-state index is -4.68. The Hall–Kier alpha value is -1.37. The number of aliphatic hydroxyl groups is 3. The molecule has 3 aliphatic carbocycles. The monoisotopic (exact) mass is 454 g/mol. The molecule has 0 aromatic carbocycles. The fourth-order valence-corrected chi connectivity index (χ4v) is 5.87. The number of hydrogen-bond donors (Lipinski definition) is 3. The molecule has 0 aromatic rings. The van der Waals surface area contributed by atoms with Crippen molar-refractivity contribution in [3.8, 4) is 0 Å². The van der Waals surface area contributed by atoms with Crippen LogP contribution in [0.15, 0.2) is 47.1 Å². The number of rotatable bonds is 5. The van der Waals surface area contributed by atoms with E-state index in [4.69, 9.17) is 0 Å². The van der Waals surface area contributed by atoms with Crippen LogP contribution in [0.3, 0.4) is 0 Å². The van der Waals surface area contributed by atoms with Crippen molar-refractivity contribution in [3.63, 3.8) is 0 Å². The molecule has 3 rings (SSSR count). The van der Waals surface area contributed by atoms with Gasteiger partial charge in [0, 0.05) is 0 Å². The lowest BCUT2D eigenvalue weighted by Crippen LogP contribution is -2.40. The van der Waals surface area contributed by atoms with Crippen LogP contribution in [-0.2, 0) is 0 Å². The highest BCUT2D eigenvalue weighted by molar-refractivity contribution is 5.35. The zero-order valence-electron chi connectivity index (χ0n) is 19.3. The Labute approximate surface area is 189 Å². The highest BCUT2D eigenvalue weighted by Gasteiger charge is 2.48. The summed E-state index contributed by atoms with van der Waals surface area (Å²) in [6.07, 6.45) is 9.41. The third-order valence-electron chi connectivity index (χ3n) is 7.72. The molecule has 2 saturated carbocycles. The Kier molecular flexibility index (Phi) is 7.48. The van der Waals surface area contributed by atoms with Crippen LogP contribution >= 0.6 is 0 Å². The summed E-state index contributed by atoms with van der Waals surface area (Å²) >= 11 is 0. The Bertz CT molecular complexity index is 794. The van der Waals surface area contributed by atoms with Crippen molar-refractivity contribution in [1.82, 2.24) is 0 Å². The number of hydrogen-bond acceptors (Lipinski definition) is 3. The van der Waals surface area contributed by atoms with Crippen molar-refractivity contribution in [3.05, 3.63) is 47.1 Å². The minimum absolute atomic E-state index is 0.00597. The molecular formula is C26H37F3O3. The van der Waals surface area contributed by atoms with E-state index in [1.807, 2.05) is 0 Å². The topological polar surface area (TPSA) is 60.7 Å². The molecule has 6 heteroatoms. The normalized spacial score (nSPS) is 35.5. The fraction of sp³-hybridized carbons (Fsp3) is 0.692. The lowest BCUT2D eigenvalue weighted by atomic mass is 9.62. The first kappa shape index (κ1) is 25.3. The minimum Gasteiger partial charge on any atom is -0.393 e. The van der Waals surface area contributed by atoms with Gasteiger partial charge in [0.15, 0.2) is 5.60 Å². The summed E-state index contributed by atoms with van der Waals surface area (Å²) in [6, 6.07) is 0. The Morgan fingerprint density at radius 2 is 1.84 bits per heavy atom. The molecule has 0 aliphatic heterocycles. The van der Waals surface area contributed by atoms with Crippen LogP contribution in [-0.4, -0.2) is 39.3 Å². The van der Waals surface area contributed by atoms with E-state index in [1.165, 1.54) is 17.2 Å². The summed E-state index contributed by atoms with van der Waals surface area (Å²) in [4.78, 5) is 0. The molecule has 0 aromatic heterocycles. The predicted octanol–water partition coefficient (Wildman–Crippen LogP) is 5.78. The molecule has 0 saturated heterocycles. The quantitative estimate of drug-likeness (QED) is 0.462. The first-order chi connectivity index (χ1) is 14.8. The standard InChI is InChI=1S/C26H37F3O3/c1-17(6-4-13-25(3,32)26(27,28)29)22-10-11-23-19(7-5-12-24(22,23)2)9-8-18-14-20(30)16-21(31)15-18/h4,8-10,13,17,20-21,23,30-32H,5-7,11-12,14-16H2,1-3H3/b13-4+,19-9+/t17-,20-,21-,23+,24-,25?/m1/s1. The fourth-order valence-electron chi connectivity index (χ4n) is 5.87. The Balaban J connectivity index is 1.70. The van der Waals surface area contributed by atoms with Gasteiger partial charge in [-0.2, -0.15) is 13.2 Å². The highest BCUT2D eigenvalue weighted by Crippen LogP contribution is 2.57. The third-order valence-corrected chi connectivity index (χ3v) is 7.72. The van der Waals surface area contributed by atoms with E-state index >= 15 is 0 Å². The molecule has 32 heavy (non-hydrogen) atoms. The van der Waals surface area contributed by atoms with Crippen LogP contribution in [0.4, 0.5) is 13.2 Å². The molecule has 0 spiro atoms. The van der Waals surface area contributed by atoms with Gasteiger partial charge in [0.05, 0.1) is 12.2 Å². The average molecular weight is 455 g/mol. The zero-order valence-corrected chi connectivity index (χ0v) is 19.3. The summed E-state index contributed by atoms with van der Waals surface area (Å²) < 4.78 is 38.6. The SMILES string of the molecule is C[C@H](C/C=C/C(C)(O)C(F)(F)F)C1=CC[C@H]2/C(=C/C=C3C[C@@H](O)C[C@H](O)C3)CCC[C@]12C. The number of allylic oxidation sites excluding steroid dienone is 6. The van der Waals surface area contributed by atoms with E-state index in [1.54, 1.807) is 0 Å². The highest BCUT2D eigenvalue weighted by atomic mass is 19.4. The van der Waals surface area contributed by atoms with E-state index < -0.39 is 24.0 Å². The van der Waals surface area contributed by atoms with Gasteiger partial charge in [-0.15, -0.1) is 0 Å². The molecular weight excluding hydrogens is 417 g/mol. The van der Waals surface area contributed by atoms with E-state index in [2.05, 4.69) is 32.1 Å². The van der Waals surface area contributed by atoms with Crippen molar-refractivity contribution in [2.75, 3.05) is 0 Å². The number of halogens is 3. The maximum Gasteiger partial charge on any atom is 0.420 e. The summed E-state index contributed by atoms with van der Waals surface area (Å²) in [7, 11) is 0. The van der Waals surface area contributed by atoms with E-state index in [9.17, 15) is 28.5 Å². The van der Waals surface area contributed by atoms with Gasteiger partial charge < -0.3 is 15.3 Å². The number of aliphatic hydroxyl groups excluding tert-OH is 2. The largest absolute Gasteiger partial charge is 0.420 e. The molecule has 0 heterocycles. The van der Waals surface area contributed by atoms with Crippen molar-refractivity contribution < 1.29 is 28.5 Å². The molecule has 0 amide bonds. The molecule has 3 N–H and O–H groups in total. The smallest absolute Gasteiger partial charge is 0.393 e. The molecule has 2 fully saturated rings. The first-order valence-electron chi connectivity index (χ1n) is 11.8. The van der Waals surface area contributed by atoms with E-state index in [0.717, 1.165) is 44.3 Å². The van der Waals surface area contributed by atoms with Crippen molar-refractivity contribution in [2.45, 2.75) is 96.1 Å². The number of fused-ring (bicyclic) bond motifs is 1. The summed E-state index contributed by atoms with van der Waals surface area (Å²) in [5.41, 5.74) is 0.957. The van der Waals surface area contributed by atoms with Gasteiger partial charge in [-0.3, -0.25) is 0 Å². The lowest BCUT2D eigenvalue weighted by molar-refractivity contribution is -0.232. The van der Waals surface area contributed by atoms with Crippen molar-refractivity contribution in [1.29, 1.82) is 0 Å². The van der Waals surface area contributed by atoms with Gasteiger partial charge >= 0.3 is 6.18 Å². The average Bonchev–Trinajstić information content (AvgIpc) is 3.02. The Morgan fingerprint density at radius 1 is 1.19 bits per heavy atom. The molecule has 0 bridgehead atoms. The van der Waals surface area contributed by atoms with Gasteiger partial charge in [0.1, 0.15) is 0 Å². The second-order valence-electron chi connectivity index (χ2n) is 10.4. The zero-order chi connectivity index (χ0) is 23.7. The van der Waals surface area contributed by atoms with Gasteiger partial charge in [-0.05, 0) is 81.6 Å². The van der Waals surface area contributed by atoms with Gasteiger partial charge in [0.2, 0.25) is 0 Å². The molecule has 0 radical (unpaired) electrons. The second-order valence-corrected chi connectivity index (χ2v) is 10.4. The summed E-state index contributed by atoms with van der Waals surface area (Å²) in [5, 5.41) is 29.5. The van der Waals surface area contributed by atoms with Crippen molar-refractivity contribution >= 4 is 0 Å². The first-order valence-corrected chi connectivity index (χ1v) is 11.8. The van der Waals surface area contributed by atoms with Crippen LogP contribution in [0.2, 0.25) is 0 Å². The second kappa shape index (κ2) is 9.47. The van der Waals surface area contributed by atoms with Gasteiger partial charge in [-0.25, -0.2) is 0 Å². The maximum absolute atomic E-state index is 12.9. The summed E-state index contributed by atoms with van der Waals surface area (Å²) in [5.74, 6) is 0.484. The molecule has 180 valence electrons.